The van der Waals surface area contributed by atoms with E-state index in [1.54, 1.807) is 12.1 Å². The van der Waals surface area contributed by atoms with Gasteiger partial charge in [-0.2, -0.15) is 0 Å². The molecule has 7 heteroatoms. The highest BCUT2D eigenvalue weighted by molar-refractivity contribution is 7.92. The molecule has 0 atom stereocenters. The van der Waals surface area contributed by atoms with Crippen LogP contribution in [0.15, 0.2) is 42.5 Å². The largest absolute Gasteiger partial charge is 0.322 e. The van der Waals surface area contributed by atoms with E-state index in [2.05, 4.69) is 5.32 Å². The quantitative estimate of drug-likeness (QED) is 0.918. The zero-order chi connectivity index (χ0) is 17.2. The number of anilines is 2. The number of aryl methyl sites for hydroxylation is 1. The van der Waals surface area contributed by atoms with E-state index in [1.807, 2.05) is 25.1 Å². The predicted molar refractivity (Wildman–Crippen MR) is 93.8 cm³/mol. The normalized spacial score (nSPS) is 11.1. The molecular formula is C16H17ClN2O3S. The predicted octanol–water partition coefficient (Wildman–Crippen LogP) is 3.30. The molecule has 1 N–H and O–H groups in total. The Labute approximate surface area is 140 Å². The van der Waals surface area contributed by atoms with Crippen molar-refractivity contribution in [3.05, 3.63) is 58.6 Å². The van der Waals surface area contributed by atoms with Gasteiger partial charge in [0.25, 0.3) is 5.91 Å². The maximum atomic E-state index is 12.3. The Kier molecular flexibility index (Phi) is 4.97. The fraction of sp³-hybridized carbons (Fsp3) is 0.188. The number of hydrogen-bond acceptors (Lipinski definition) is 3. The van der Waals surface area contributed by atoms with Crippen molar-refractivity contribution in [2.45, 2.75) is 6.92 Å². The number of carbonyl (C=O) groups is 1. The minimum Gasteiger partial charge on any atom is -0.322 e. The van der Waals surface area contributed by atoms with Crippen molar-refractivity contribution in [1.82, 2.24) is 0 Å². The molecular weight excluding hydrogens is 336 g/mol. The van der Waals surface area contributed by atoms with E-state index in [9.17, 15) is 13.2 Å². The summed E-state index contributed by atoms with van der Waals surface area (Å²) in [5.74, 6) is -0.349. The number of halogens is 1. The molecule has 0 radical (unpaired) electrons. The number of nitrogens with zero attached hydrogens (tertiary/aromatic N) is 1. The monoisotopic (exact) mass is 352 g/mol. The molecule has 2 rings (SSSR count). The molecule has 0 aliphatic heterocycles. The van der Waals surface area contributed by atoms with Crippen LogP contribution in [0.2, 0.25) is 5.02 Å². The first-order chi connectivity index (χ1) is 10.7. The molecule has 0 aliphatic rings. The van der Waals surface area contributed by atoms with E-state index in [-0.39, 0.29) is 16.5 Å². The molecule has 0 bridgehead atoms. The van der Waals surface area contributed by atoms with E-state index in [0.717, 1.165) is 16.1 Å². The highest BCUT2D eigenvalue weighted by atomic mass is 35.5. The van der Waals surface area contributed by atoms with Gasteiger partial charge in [-0.15, -0.1) is 0 Å². The minimum absolute atomic E-state index is 0.184. The summed E-state index contributed by atoms with van der Waals surface area (Å²) in [7, 11) is -1.96. The van der Waals surface area contributed by atoms with Crippen molar-refractivity contribution in [3.8, 4) is 0 Å². The first-order valence-corrected chi connectivity index (χ1v) is 9.03. The number of nitrogens with one attached hydrogen (secondary N) is 1. The van der Waals surface area contributed by atoms with Gasteiger partial charge in [0.1, 0.15) is 0 Å². The molecule has 0 unspecified atom stereocenters. The number of carbonyl (C=O) groups excluding carboxylic acids is 1. The summed E-state index contributed by atoms with van der Waals surface area (Å²) in [4.78, 5) is 12.3. The Balaban J connectivity index is 2.28. The molecule has 2 aromatic carbocycles. The molecule has 0 saturated heterocycles. The fourth-order valence-corrected chi connectivity index (χ4v) is 2.74. The van der Waals surface area contributed by atoms with Crippen LogP contribution in [0.1, 0.15) is 15.9 Å². The molecule has 1 amide bonds. The van der Waals surface area contributed by atoms with Gasteiger partial charge in [-0.25, -0.2) is 8.42 Å². The van der Waals surface area contributed by atoms with Crippen molar-refractivity contribution >= 4 is 38.9 Å². The summed E-state index contributed by atoms with van der Waals surface area (Å²) < 4.78 is 24.2. The first kappa shape index (κ1) is 17.3. The van der Waals surface area contributed by atoms with Crippen molar-refractivity contribution in [3.63, 3.8) is 0 Å². The number of hydrogen-bond donors (Lipinski definition) is 1. The van der Waals surface area contributed by atoms with Gasteiger partial charge < -0.3 is 5.32 Å². The molecule has 0 spiro atoms. The van der Waals surface area contributed by atoms with E-state index in [0.29, 0.717) is 11.4 Å². The van der Waals surface area contributed by atoms with Crippen molar-refractivity contribution in [2.75, 3.05) is 22.9 Å². The topological polar surface area (TPSA) is 66.5 Å². The Hall–Kier alpha value is -2.05. The summed E-state index contributed by atoms with van der Waals surface area (Å²) in [5, 5.41) is 2.98. The van der Waals surface area contributed by atoms with Gasteiger partial charge in [0, 0.05) is 12.7 Å². The van der Waals surface area contributed by atoms with Crippen LogP contribution in [0.4, 0.5) is 11.4 Å². The number of rotatable bonds is 4. The summed E-state index contributed by atoms with van der Waals surface area (Å²) in [6.45, 7) is 1.89. The van der Waals surface area contributed by atoms with E-state index in [4.69, 9.17) is 11.6 Å². The van der Waals surface area contributed by atoms with Crippen LogP contribution >= 0.6 is 11.6 Å². The third-order valence-electron chi connectivity index (χ3n) is 3.45. The van der Waals surface area contributed by atoms with E-state index < -0.39 is 10.0 Å². The zero-order valence-corrected chi connectivity index (χ0v) is 14.6. The minimum atomic E-state index is -3.39. The number of amides is 1. The second-order valence-electron chi connectivity index (χ2n) is 5.16. The molecule has 0 fully saturated rings. The average molecular weight is 353 g/mol. The van der Waals surface area contributed by atoms with Crippen LogP contribution in [0.3, 0.4) is 0 Å². The molecule has 23 heavy (non-hydrogen) atoms. The lowest BCUT2D eigenvalue weighted by atomic mass is 10.1. The van der Waals surface area contributed by atoms with Gasteiger partial charge in [-0.3, -0.25) is 9.10 Å². The average Bonchev–Trinajstić information content (AvgIpc) is 2.47. The summed E-state index contributed by atoms with van der Waals surface area (Å²) in [6.07, 6.45) is 1.10. The number of para-hydroxylation sites is 1. The van der Waals surface area contributed by atoms with Crippen LogP contribution in [0, 0.1) is 6.92 Å². The number of sulfonamides is 1. The van der Waals surface area contributed by atoms with Gasteiger partial charge in [-0.1, -0.05) is 29.8 Å². The molecule has 0 saturated carbocycles. The lowest BCUT2D eigenvalue weighted by Crippen LogP contribution is -2.25. The highest BCUT2D eigenvalue weighted by Gasteiger charge is 2.16. The van der Waals surface area contributed by atoms with E-state index in [1.165, 1.54) is 19.2 Å². The van der Waals surface area contributed by atoms with E-state index >= 15 is 0 Å². The summed E-state index contributed by atoms with van der Waals surface area (Å²) >= 11 is 6.14. The molecule has 0 aliphatic carbocycles. The standard InChI is InChI=1S/C16H17ClN2O3S/c1-11-6-4-5-7-15(11)18-16(20)13-9-8-12(10-14(13)17)19(2)23(3,21)22/h4-10H,1-3H3,(H,18,20). The Morgan fingerprint density at radius 2 is 1.83 bits per heavy atom. The van der Waals surface area contributed by atoms with Gasteiger partial charge in [0.2, 0.25) is 10.0 Å². The molecule has 2 aromatic rings. The Morgan fingerprint density at radius 1 is 1.17 bits per heavy atom. The van der Waals surface area contributed by atoms with Crippen molar-refractivity contribution in [1.29, 1.82) is 0 Å². The van der Waals surface area contributed by atoms with Crippen LogP contribution in [-0.2, 0) is 10.0 Å². The molecule has 5 nitrogen and oxygen atoms in total. The molecule has 0 aromatic heterocycles. The first-order valence-electron chi connectivity index (χ1n) is 6.80. The third kappa shape index (κ3) is 4.03. The van der Waals surface area contributed by atoms with Crippen LogP contribution in [-0.4, -0.2) is 27.6 Å². The van der Waals surface area contributed by atoms with Crippen LogP contribution in [0.25, 0.3) is 0 Å². The second-order valence-corrected chi connectivity index (χ2v) is 7.58. The Morgan fingerprint density at radius 3 is 2.39 bits per heavy atom. The smallest absolute Gasteiger partial charge is 0.257 e. The summed E-state index contributed by atoms with van der Waals surface area (Å²) in [5.41, 5.74) is 2.31. The third-order valence-corrected chi connectivity index (χ3v) is 4.97. The SMILES string of the molecule is Cc1ccccc1NC(=O)c1ccc(N(C)S(C)(=O)=O)cc1Cl. The second kappa shape index (κ2) is 6.60. The molecule has 0 heterocycles. The van der Waals surface area contributed by atoms with Crippen LogP contribution < -0.4 is 9.62 Å². The maximum Gasteiger partial charge on any atom is 0.257 e. The van der Waals surface area contributed by atoms with Crippen molar-refractivity contribution in [2.24, 2.45) is 0 Å². The van der Waals surface area contributed by atoms with Gasteiger partial charge >= 0.3 is 0 Å². The van der Waals surface area contributed by atoms with Gasteiger partial charge in [0.05, 0.1) is 22.5 Å². The van der Waals surface area contributed by atoms with Crippen molar-refractivity contribution < 1.29 is 13.2 Å². The van der Waals surface area contributed by atoms with Crippen LogP contribution in [0.5, 0.6) is 0 Å². The zero-order valence-electron chi connectivity index (χ0n) is 13.0. The molecule has 122 valence electrons. The highest BCUT2D eigenvalue weighted by Crippen LogP contribution is 2.25. The summed E-state index contributed by atoms with van der Waals surface area (Å²) in [6, 6.07) is 11.9. The fourth-order valence-electron chi connectivity index (χ4n) is 1.98. The number of benzene rings is 2. The Bertz CT molecular complexity index is 850. The lowest BCUT2D eigenvalue weighted by molar-refractivity contribution is 0.102. The van der Waals surface area contributed by atoms with Gasteiger partial charge in [-0.05, 0) is 36.8 Å². The lowest BCUT2D eigenvalue weighted by Gasteiger charge is -2.17. The van der Waals surface area contributed by atoms with Gasteiger partial charge in [0.15, 0.2) is 0 Å². The maximum absolute atomic E-state index is 12.3.